The Morgan fingerprint density at radius 1 is 1.31 bits per heavy atom. The van der Waals surface area contributed by atoms with Crippen molar-refractivity contribution in [1.82, 2.24) is 0 Å². The minimum Gasteiger partial charge on any atom is -0.389 e. The summed E-state index contributed by atoms with van der Waals surface area (Å²) in [5, 5.41) is 9.80. The topological polar surface area (TPSA) is 29.5 Å². The Bertz CT molecular complexity index is 340. The molecule has 1 N–H and O–H groups in total. The van der Waals surface area contributed by atoms with Crippen LogP contribution in [0.4, 0.5) is 0 Å². The molecule has 1 aromatic rings. The molecule has 2 heteroatoms. The lowest BCUT2D eigenvalue weighted by Gasteiger charge is -2.21. The van der Waals surface area contributed by atoms with Crippen LogP contribution in [0.3, 0.4) is 0 Å². The van der Waals surface area contributed by atoms with E-state index in [1.807, 2.05) is 44.2 Å². The average molecular weight is 218 g/mol. The summed E-state index contributed by atoms with van der Waals surface area (Å²) in [4.78, 5) is 0. The Kier molecular flexibility index (Phi) is 5.04. The molecule has 1 rings (SSSR count). The van der Waals surface area contributed by atoms with E-state index >= 15 is 0 Å². The average Bonchev–Trinajstić information content (AvgIpc) is 2.35. The van der Waals surface area contributed by atoms with E-state index in [0.717, 1.165) is 5.56 Å². The van der Waals surface area contributed by atoms with Crippen molar-refractivity contribution >= 4 is 0 Å². The van der Waals surface area contributed by atoms with Crippen LogP contribution in [0.25, 0.3) is 0 Å². The molecule has 0 aromatic heterocycles. The highest BCUT2D eigenvalue weighted by Gasteiger charge is 2.19. The summed E-state index contributed by atoms with van der Waals surface area (Å²) in [5.74, 6) is 2.32. The predicted molar refractivity (Wildman–Crippen MR) is 64.7 cm³/mol. The number of benzene rings is 1. The van der Waals surface area contributed by atoms with E-state index in [4.69, 9.17) is 11.2 Å². The summed E-state index contributed by atoms with van der Waals surface area (Å²) < 4.78 is 5.57. The van der Waals surface area contributed by atoms with Gasteiger partial charge in [0.2, 0.25) is 0 Å². The molecule has 0 heterocycles. The number of hydrogen-bond acceptors (Lipinski definition) is 2. The molecule has 0 unspecified atom stereocenters. The van der Waals surface area contributed by atoms with E-state index in [0.29, 0.717) is 6.61 Å². The van der Waals surface area contributed by atoms with Gasteiger partial charge in [0.15, 0.2) is 0 Å². The maximum atomic E-state index is 9.80. The van der Waals surface area contributed by atoms with Crippen LogP contribution < -0.4 is 0 Å². The molecule has 0 radical (unpaired) electrons. The van der Waals surface area contributed by atoms with Crippen molar-refractivity contribution in [1.29, 1.82) is 0 Å². The van der Waals surface area contributed by atoms with Gasteiger partial charge in [0.05, 0.1) is 18.8 Å². The highest BCUT2D eigenvalue weighted by Crippen LogP contribution is 2.11. The molecule has 0 spiro atoms. The summed E-state index contributed by atoms with van der Waals surface area (Å²) in [6.07, 6.45) is 4.38. The standard InChI is InChI=1S/C14H18O2/c1-4-11(2)14(15)12(3)16-10-13-8-6-5-7-9-13/h1,5-9,11-12,14-15H,10H2,2-3H3/t11-,12+,14+/m1/s1. The van der Waals surface area contributed by atoms with Gasteiger partial charge in [-0.3, -0.25) is 0 Å². The molecule has 0 amide bonds. The summed E-state index contributed by atoms with van der Waals surface area (Å²) in [6.45, 7) is 4.14. The number of hydrogen-bond donors (Lipinski definition) is 1. The van der Waals surface area contributed by atoms with Gasteiger partial charge in [0.25, 0.3) is 0 Å². The second-order valence-corrected chi connectivity index (χ2v) is 3.95. The zero-order chi connectivity index (χ0) is 12.0. The molecule has 16 heavy (non-hydrogen) atoms. The molecule has 3 atom stereocenters. The van der Waals surface area contributed by atoms with Crippen molar-refractivity contribution < 1.29 is 9.84 Å². The second-order valence-electron chi connectivity index (χ2n) is 3.95. The summed E-state index contributed by atoms with van der Waals surface area (Å²) in [6, 6.07) is 9.86. The molecular formula is C14H18O2. The first-order valence-corrected chi connectivity index (χ1v) is 5.45. The molecule has 0 fully saturated rings. The first-order chi connectivity index (χ1) is 7.65. The van der Waals surface area contributed by atoms with Gasteiger partial charge in [-0.05, 0) is 19.4 Å². The fourth-order valence-corrected chi connectivity index (χ4v) is 1.41. The van der Waals surface area contributed by atoms with E-state index in [1.54, 1.807) is 0 Å². The number of aliphatic hydroxyl groups excluding tert-OH is 1. The molecule has 0 saturated carbocycles. The smallest absolute Gasteiger partial charge is 0.0933 e. The third-order valence-corrected chi connectivity index (χ3v) is 2.61. The van der Waals surface area contributed by atoms with Crippen LogP contribution in [0, 0.1) is 18.3 Å². The molecule has 86 valence electrons. The van der Waals surface area contributed by atoms with Crippen molar-refractivity contribution in [2.45, 2.75) is 32.7 Å². The lowest BCUT2D eigenvalue weighted by molar-refractivity contribution is -0.0473. The van der Waals surface area contributed by atoms with Gasteiger partial charge in [-0.1, -0.05) is 30.3 Å². The zero-order valence-corrected chi connectivity index (χ0v) is 9.76. The van der Waals surface area contributed by atoms with Crippen molar-refractivity contribution in [3.05, 3.63) is 35.9 Å². The lowest BCUT2D eigenvalue weighted by Crippen LogP contribution is -2.31. The van der Waals surface area contributed by atoms with Crippen molar-refractivity contribution in [2.24, 2.45) is 5.92 Å². The van der Waals surface area contributed by atoms with Crippen molar-refractivity contribution in [3.8, 4) is 12.3 Å². The van der Waals surface area contributed by atoms with Gasteiger partial charge < -0.3 is 9.84 Å². The van der Waals surface area contributed by atoms with Crippen molar-refractivity contribution in [2.75, 3.05) is 0 Å². The second kappa shape index (κ2) is 6.32. The fourth-order valence-electron chi connectivity index (χ4n) is 1.41. The van der Waals surface area contributed by atoms with Crippen LogP contribution in [-0.4, -0.2) is 17.3 Å². The third-order valence-electron chi connectivity index (χ3n) is 2.61. The molecule has 0 aliphatic rings. The van der Waals surface area contributed by atoms with E-state index in [9.17, 15) is 5.11 Å². The predicted octanol–water partition coefficient (Wildman–Crippen LogP) is 2.22. The Labute approximate surface area is 97.3 Å². The molecule has 0 aliphatic carbocycles. The summed E-state index contributed by atoms with van der Waals surface area (Å²) in [5.41, 5.74) is 1.09. The summed E-state index contributed by atoms with van der Waals surface area (Å²) >= 11 is 0. The Balaban J connectivity index is 2.41. The fraction of sp³-hybridized carbons (Fsp3) is 0.429. The van der Waals surface area contributed by atoms with Gasteiger partial charge in [-0.2, -0.15) is 0 Å². The van der Waals surface area contributed by atoms with E-state index in [-0.39, 0.29) is 12.0 Å². The van der Waals surface area contributed by atoms with Crippen LogP contribution >= 0.6 is 0 Å². The summed E-state index contributed by atoms with van der Waals surface area (Å²) in [7, 11) is 0. The highest BCUT2D eigenvalue weighted by atomic mass is 16.5. The number of ether oxygens (including phenoxy) is 1. The van der Waals surface area contributed by atoms with Crippen LogP contribution in [0.15, 0.2) is 30.3 Å². The van der Waals surface area contributed by atoms with Crippen LogP contribution in [-0.2, 0) is 11.3 Å². The van der Waals surface area contributed by atoms with Crippen LogP contribution in [0.2, 0.25) is 0 Å². The molecule has 1 aromatic carbocycles. The van der Waals surface area contributed by atoms with Gasteiger partial charge in [-0.25, -0.2) is 0 Å². The van der Waals surface area contributed by atoms with Crippen LogP contribution in [0.5, 0.6) is 0 Å². The van der Waals surface area contributed by atoms with Gasteiger partial charge in [-0.15, -0.1) is 12.3 Å². The maximum absolute atomic E-state index is 9.80. The van der Waals surface area contributed by atoms with E-state index in [1.165, 1.54) is 0 Å². The van der Waals surface area contributed by atoms with Gasteiger partial charge >= 0.3 is 0 Å². The Morgan fingerprint density at radius 2 is 1.94 bits per heavy atom. The normalized spacial score (nSPS) is 16.1. The van der Waals surface area contributed by atoms with E-state index in [2.05, 4.69) is 5.92 Å². The van der Waals surface area contributed by atoms with Crippen LogP contribution in [0.1, 0.15) is 19.4 Å². The Morgan fingerprint density at radius 3 is 2.50 bits per heavy atom. The molecule has 0 aliphatic heterocycles. The zero-order valence-electron chi connectivity index (χ0n) is 9.76. The maximum Gasteiger partial charge on any atom is 0.0933 e. The first kappa shape index (κ1) is 12.8. The molecule has 2 nitrogen and oxygen atoms in total. The van der Waals surface area contributed by atoms with E-state index < -0.39 is 6.10 Å². The molecule has 0 bridgehead atoms. The monoisotopic (exact) mass is 218 g/mol. The minimum atomic E-state index is -0.617. The van der Waals surface area contributed by atoms with Crippen molar-refractivity contribution in [3.63, 3.8) is 0 Å². The number of rotatable bonds is 5. The quantitative estimate of drug-likeness (QED) is 0.768. The third kappa shape index (κ3) is 3.69. The molecular weight excluding hydrogens is 200 g/mol. The van der Waals surface area contributed by atoms with Gasteiger partial charge in [0, 0.05) is 5.92 Å². The Hall–Kier alpha value is -1.30. The van der Waals surface area contributed by atoms with Gasteiger partial charge in [0.1, 0.15) is 0 Å². The highest BCUT2D eigenvalue weighted by molar-refractivity contribution is 5.13. The largest absolute Gasteiger partial charge is 0.389 e. The number of aliphatic hydroxyl groups is 1. The SMILES string of the molecule is C#C[C@@H](C)[C@H](O)[C@H](C)OCc1ccccc1. The number of terminal acetylenes is 1. The lowest BCUT2D eigenvalue weighted by atomic mass is 10.0. The minimum absolute atomic E-state index is 0.189. The molecule has 0 saturated heterocycles. The first-order valence-electron chi connectivity index (χ1n) is 5.45.